The number of hydrogen-bond donors (Lipinski definition) is 1. The molecular formula is C18H30N2O5. The molecule has 0 radical (unpaired) electrons. The van der Waals surface area contributed by atoms with Crippen molar-refractivity contribution in [2.75, 3.05) is 20.3 Å². The van der Waals surface area contributed by atoms with E-state index in [4.69, 9.17) is 4.74 Å². The van der Waals surface area contributed by atoms with Crippen molar-refractivity contribution in [2.24, 2.45) is 17.3 Å². The molecule has 0 aromatic rings. The molecule has 0 aromatic heterocycles. The molecule has 1 heterocycles. The third-order valence-corrected chi connectivity index (χ3v) is 5.26. The van der Waals surface area contributed by atoms with E-state index in [2.05, 4.69) is 10.1 Å². The van der Waals surface area contributed by atoms with Gasteiger partial charge in [-0.3, -0.25) is 4.79 Å². The van der Waals surface area contributed by atoms with Gasteiger partial charge in [-0.25, -0.2) is 9.59 Å². The zero-order valence-corrected chi connectivity index (χ0v) is 15.8. The van der Waals surface area contributed by atoms with Crippen LogP contribution in [-0.2, 0) is 19.1 Å². The molecule has 1 saturated carbocycles. The highest BCUT2D eigenvalue weighted by Crippen LogP contribution is 2.43. The van der Waals surface area contributed by atoms with Crippen LogP contribution in [0, 0.1) is 17.3 Å². The molecule has 0 spiro atoms. The van der Waals surface area contributed by atoms with Gasteiger partial charge in [-0.1, -0.05) is 27.2 Å². The molecule has 1 aliphatic heterocycles. The SMILES string of the molecule is CCOC(=O)[C@@H]1[C@H]2CCC[C@H]2CN1C(=O)[C@@H](NC(=O)OC)C(C)(C)C. The maximum atomic E-state index is 13.2. The van der Waals surface area contributed by atoms with Gasteiger partial charge in [0, 0.05) is 6.54 Å². The Morgan fingerprint density at radius 3 is 2.48 bits per heavy atom. The minimum atomic E-state index is -0.768. The van der Waals surface area contributed by atoms with Gasteiger partial charge >= 0.3 is 12.1 Å². The van der Waals surface area contributed by atoms with Crippen LogP contribution in [0.3, 0.4) is 0 Å². The highest BCUT2D eigenvalue weighted by Gasteiger charge is 2.52. The molecule has 0 unspecified atom stereocenters. The summed E-state index contributed by atoms with van der Waals surface area (Å²) in [6.07, 6.45) is 2.38. The van der Waals surface area contributed by atoms with Crippen LogP contribution in [0.4, 0.5) is 4.79 Å². The molecule has 4 atom stereocenters. The summed E-state index contributed by atoms with van der Waals surface area (Å²) in [6, 6.07) is -1.32. The standard InChI is InChI=1S/C18H30N2O5/c1-6-25-16(22)13-12-9-7-8-11(12)10-20(13)15(21)14(18(2,3)4)19-17(23)24-5/h11-14H,6-10H2,1-5H3,(H,19,23)/t11-,12-,13-,14+/m0/s1. The summed E-state index contributed by atoms with van der Waals surface area (Å²) < 4.78 is 9.90. The Bertz CT molecular complexity index is 528. The highest BCUT2D eigenvalue weighted by molar-refractivity contribution is 5.91. The van der Waals surface area contributed by atoms with E-state index in [0.29, 0.717) is 12.5 Å². The maximum absolute atomic E-state index is 13.2. The van der Waals surface area contributed by atoms with E-state index in [-0.39, 0.29) is 24.4 Å². The zero-order valence-electron chi connectivity index (χ0n) is 15.8. The largest absolute Gasteiger partial charge is 0.464 e. The quantitative estimate of drug-likeness (QED) is 0.780. The lowest BCUT2D eigenvalue weighted by Crippen LogP contribution is -2.57. The summed E-state index contributed by atoms with van der Waals surface area (Å²) in [4.78, 5) is 39.1. The monoisotopic (exact) mass is 354 g/mol. The molecule has 1 saturated heterocycles. The van der Waals surface area contributed by atoms with E-state index in [1.807, 2.05) is 20.8 Å². The van der Waals surface area contributed by atoms with Crippen LogP contribution in [-0.4, -0.2) is 55.2 Å². The second kappa shape index (κ2) is 7.62. The molecular weight excluding hydrogens is 324 g/mol. The Balaban J connectivity index is 2.26. The van der Waals surface area contributed by atoms with Crippen LogP contribution in [0.15, 0.2) is 0 Å². The van der Waals surface area contributed by atoms with Crippen LogP contribution in [0.1, 0.15) is 47.0 Å². The Morgan fingerprint density at radius 1 is 1.24 bits per heavy atom. The molecule has 25 heavy (non-hydrogen) atoms. The summed E-state index contributed by atoms with van der Waals surface area (Å²) in [5.41, 5.74) is -0.512. The normalized spacial score (nSPS) is 26.8. The first kappa shape index (κ1) is 19.5. The molecule has 2 amide bonds. The minimum Gasteiger partial charge on any atom is -0.464 e. The number of esters is 1. The van der Waals surface area contributed by atoms with Crippen molar-refractivity contribution in [2.45, 2.75) is 59.0 Å². The molecule has 142 valence electrons. The molecule has 2 fully saturated rings. The lowest BCUT2D eigenvalue weighted by Gasteiger charge is -2.35. The number of alkyl carbamates (subject to hydrolysis) is 1. The molecule has 2 rings (SSSR count). The number of carbonyl (C=O) groups is 3. The summed E-state index contributed by atoms with van der Waals surface area (Å²) in [5.74, 6) is -0.0971. The fourth-order valence-corrected chi connectivity index (χ4v) is 4.05. The van der Waals surface area contributed by atoms with Crippen LogP contribution in [0.5, 0.6) is 0 Å². The van der Waals surface area contributed by atoms with Gasteiger partial charge in [-0.15, -0.1) is 0 Å². The number of carbonyl (C=O) groups excluding carboxylic acids is 3. The summed E-state index contributed by atoms with van der Waals surface area (Å²) >= 11 is 0. The van der Waals surface area contributed by atoms with Crippen molar-refractivity contribution in [3.05, 3.63) is 0 Å². The van der Waals surface area contributed by atoms with E-state index in [1.165, 1.54) is 7.11 Å². The van der Waals surface area contributed by atoms with E-state index in [9.17, 15) is 14.4 Å². The van der Waals surface area contributed by atoms with Crippen molar-refractivity contribution < 1.29 is 23.9 Å². The Morgan fingerprint density at radius 2 is 1.92 bits per heavy atom. The van der Waals surface area contributed by atoms with Gasteiger partial charge in [0.2, 0.25) is 5.91 Å². The lowest BCUT2D eigenvalue weighted by atomic mass is 9.85. The average molecular weight is 354 g/mol. The van der Waals surface area contributed by atoms with Crippen molar-refractivity contribution in [3.8, 4) is 0 Å². The smallest absolute Gasteiger partial charge is 0.407 e. The average Bonchev–Trinajstić information content (AvgIpc) is 3.11. The first-order valence-corrected chi connectivity index (χ1v) is 9.02. The van der Waals surface area contributed by atoms with Crippen LogP contribution < -0.4 is 5.32 Å². The van der Waals surface area contributed by atoms with Gasteiger partial charge in [-0.2, -0.15) is 0 Å². The number of likely N-dealkylation sites (tertiary alicyclic amines) is 1. The number of methoxy groups -OCH3 is 1. The van der Waals surface area contributed by atoms with Gasteiger partial charge < -0.3 is 19.7 Å². The molecule has 7 nitrogen and oxygen atoms in total. The van der Waals surface area contributed by atoms with Gasteiger partial charge in [-0.05, 0) is 37.0 Å². The Hall–Kier alpha value is -1.79. The zero-order chi connectivity index (χ0) is 18.8. The van der Waals surface area contributed by atoms with Gasteiger partial charge in [0.15, 0.2) is 0 Å². The van der Waals surface area contributed by atoms with Crippen molar-refractivity contribution in [1.29, 1.82) is 0 Å². The Labute approximate surface area is 149 Å². The predicted octanol–water partition coefficient (Wildman–Crippen LogP) is 1.95. The predicted molar refractivity (Wildman–Crippen MR) is 91.7 cm³/mol. The third-order valence-electron chi connectivity index (χ3n) is 5.26. The molecule has 0 bridgehead atoms. The fourth-order valence-electron chi connectivity index (χ4n) is 4.05. The molecule has 1 N–H and O–H groups in total. The second-order valence-electron chi connectivity index (χ2n) is 7.98. The molecule has 7 heteroatoms. The number of amides is 2. The molecule has 1 aliphatic carbocycles. The van der Waals surface area contributed by atoms with E-state index >= 15 is 0 Å². The Kier molecular flexibility index (Phi) is 5.95. The summed E-state index contributed by atoms with van der Waals surface area (Å²) in [6.45, 7) is 8.23. The fraction of sp³-hybridized carbons (Fsp3) is 0.833. The molecule has 2 aliphatic rings. The van der Waals surface area contributed by atoms with E-state index in [0.717, 1.165) is 19.3 Å². The topological polar surface area (TPSA) is 84.9 Å². The number of fused-ring (bicyclic) bond motifs is 1. The third kappa shape index (κ3) is 4.07. The number of nitrogens with one attached hydrogen (secondary N) is 1. The summed E-state index contributed by atoms with van der Waals surface area (Å²) in [7, 11) is 1.27. The lowest BCUT2D eigenvalue weighted by molar-refractivity contribution is -0.155. The van der Waals surface area contributed by atoms with Crippen molar-refractivity contribution in [1.82, 2.24) is 10.2 Å². The van der Waals surface area contributed by atoms with Gasteiger partial charge in [0.05, 0.1) is 13.7 Å². The minimum absolute atomic E-state index is 0.154. The van der Waals surface area contributed by atoms with Crippen molar-refractivity contribution >= 4 is 18.0 Å². The first-order valence-electron chi connectivity index (χ1n) is 9.02. The summed E-state index contributed by atoms with van der Waals surface area (Å²) in [5, 5.41) is 2.64. The maximum Gasteiger partial charge on any atom is 0.407 e. The van der Waals surface area contributed by atoms with Crippen LogP contribution in [0.2, 0.25) is 0 Å². The molecule has 0 aromatic carbocycles. The van der Waals surface area contributed by atoms with Crippen LogP contribution in [0.25, 0.3) is 0 Å². The highest BCUT2D eigenvalue weighted by atomic mass is 16.5. The van der Waals surface area contributed by atoms with E-state index < -0.39 is 23.6 Å². The first-order chi connectivity index (χ1) is 11.7. The van der Waals surface area contributed by atoms with Gasteiger partial charge in [0.1, 0.15) is 12.1 Å². The van der Waals surface area contributed by atoms with Crippen LogP contribution >= 0.6 is 0 Å². The number of rotatable bonds is 4. The van der Waals surface area contributed by atoms with E-state index in [1.54, 1.807) is 11.8 Å². The van der Waals surface area contributed by atoms with Gasteiger partial charge in [0.25, 0.3) is 0 Å². The van der Waals surface area contributed by atoms with Crippen molar-refractivity contribution in [3.63, 3.8) is 0 Å². The number of ether oxygens (including phenoxy) is 2. The number of nitrogens with zero attached hydrogens (tertiary/aromatic N) is 1. The number of hydrogen-bond acceptors (Lipinski definition) is 5. The second-order valence-corrected chi connectivity index (χ2v) is 7.98.